The summed E-state index contributed by atoms with van der Waals surface area (Å²) in [6, 6.07) is 13.2. The zero-order valence-electron chi connectivity index (χ0n) is 17.6. The number of ether oxygens (including phenoxy) is 2. The Morgan fingerprint density at radius 2 is 1.83 bits per heavy atom. The molecule has 7 heteroatoms. The van der Waals surface area contributed by atoms with Crippen molar-refractivity contribution < 1.29 is 14.3 Å². The molecule has 0 radical (unpaired) electrons. The first kappa shape index (κ1) is 20.4. The van der Waals surface area contributed by atoms with Gasteiger partial charge in [-0.2, -0.15) is 0 Å². The molecule has 0 aliphatic heterocycles. The van der Waals surface area contributed by atoms with Gasteiger partial charge in [-0.15, -0.1) is 5.10 Å². The predicted molar refractivity (Wildman–Crippen MR) is 112 cm³/mol. The van der Waals surface area contributed by atoms with E-state index in [9.17, 15) is 4.79 Å². The molecule has 1 aromatic heterocycles. The number of amides is 1. The lowest BCUT2D eigenvalue weighted by Crippen LogP contribution is -2.16. The van der Waals surface area contributed by atoms with Gasteiger partial charge in [0.2, 0.25) is 0 Å². The molecule has 7 nitrogen and oxygen atoms in total. The number of anilines is 1. The zero-order chi connectivity index (χ0) is 21.2. The second-order valence-corrected chi connectivity index (χ2v) is 7.76. The summed E-state index contributed by atoms with van der Waals surface area (Å²) in [7, 11) is 3.16. The van der Waals surface area contributed by atoms with Crippen molar-refractivity contribution in [2.45, 2.75) is 33.1 Å². The van der Waals surface area contributed by atoms with Crippen molar-refractivity contribution in [2.24, 2.45) is 0 Å². The molecule has 0 unspecified atom stereocenters. The Kier molecular flexibility index (Phi) is 5.59. The average molecular weight is 394 g/mol. The molecule has 1 amide bonds. The number of hydrogen-bond donors (Lipinski definition) is 1. The van der Waals surface area contributed by atoms with Crippen molar-refractivity contribution in [1.82, 2.24) is 15.0 Å². The number of aromatic nitrogens is 3. The number of hydrogen-bond acceptors (Lipinski definition) is 5. The van der Waals surface area contributed by atoms with E-state index in [1.54, 1.807) is 44.0 Å². The molecular formula is C22H26N4O3. The zero-order valence-corrected chi connectivity index (χ0v) is 17.6. The number of methoxy groups -OCH3 is 2. The van der Waals surface area contributed by atoms with Crippen molar-refractivity contribution in [3.63, 3.8) is 0 Å². The fourth-order valence-electron chi connectivity index (χ4n) is 2.98. The maximum atomic E-state index is 12.8. The SMILES string of the molecule is COc1ccc(OC)c(-n2nnc(C(=O)Nc3cccc(C(C)(C)C)c3)c2C)c1. The highest BCUT2D eigenvalue weighted by atomic mass is 16.5. The third-order valence-corrected chi connectivity index (χ3v) is 4.71. The number of carbonyl (C=O) groups excluding carboxylic acids is 1. The Morgan fingerprint density at radius 1 is 1.07 bits per heavy atom. The summed E-state index contributed by atoms with van der Waals surface area (Å²) < 4.78 is 12.3. The Labute approximate surface area is 170 Å². The topological polar surface area (TPSA) is 78.3 Å². The van der Waals surface area contributed by atoms with Crippen LogP contribution >= 0.6 is 0 Å². The van der Waals surface area contributed by atoms with Crippen molar-refractivity contribution in [2.75, 3.05) is 19.5 Å². The van der Waals surface area contributed by atoms with Gasteiger partial charge in [0.1, 0.15) is 17.2 Å². The van der Waals surface area contributed by atoms with Gasteiger partial charge >= 0.3 is 0 Å². The Bertz CT molecular complexity index is 1030. The summed E-state index contributed by atoms with van der Waals surface area (Å²) >= 11 is 0. The normalized spacial score (nSPS) is 11.2. The van der Waals surface area contributed by atoms with Gasteiger partial charge < -0.3 is 14.8 Å². The van der Waals surface area contributed by atoms with Gasteiger partial charge in [-0.25, -0.2) is 4.68 Å². The van der Waals surface area contributed by atoms with E-state index in [1.807, 2.05) is 24.3 Å². The van der Waals surface area contributed by atoms with Crippen LogP contribution in [0.2, 0.25) is 0 Å². The van der Waals surface area contributed by atoms with Crippen LogP contribution in [0.25, 0.3) is 5.69 Å². The van der Waals surface area contributed by atoms with Crippen molar-refractivity contribution in [1.29, 1.82) is 0 Å². The van der Waals surface area contributed by atoms with E-state index in [-0.39, 0.29) is 17.0 Å². The summed E-state index contributed by atoms with van der Waals surface area (Å²) in [4.78, 5) is 12.8. The second-order valence-electron chi connectivity index (χ2n) is 7.76. The smallest absolute Gasteiger partial charge is 0.278 e. The molecule has 0 atom stereocenters. The maximum Gasteiger partial charge on any atom is 0.278 e. The molecule has 0 bridgehead atoms. The molecule has 2 aromatic carbocycles. The van der Waals surface area contributed by atoms with Crippen LogP contribution in [0.4, 0.5) is 5.69 Å². The van der Waals surface area contributed by atoms with Crippen molar-refractivity contribution in [3.8, 4) is 17.2 Å². The largest absolute Gasteiger partial charge is 0.497 e. The summed E-state index contributed by atoms with van der Waals surface area (Å²) in [5.74, 6) is 0.936. The van der Waals surface area contributed by atoms with Crippen LogP contribution in [0.15, 0.2) is 42.5 Å². The highest BCUT2D eigenvalue weighted by Crippen LogP contribution is 2.29. The van der Waals surface area contributed by atoms with E-state index in [1.165, 1.54) is 0 Å². The van der Waals surface area contributed by atoms with Crippen LogP contribution in [0.1, 0.15) is 42.5 Å². The molecular weight excluding hydrogens is 368 g/mol. The molecule has 3 rings (SSSR count). The van der Waals surface area contributed by atoms with Crippen LogP contribution < -0.4 is 14.8 Å². The Balaban J connectivity index is 1.91. The molecule has 0 aliphatic carbocycles. The van der Waals surface area contributed by atoms with Gasteiger partial charge in [-0.1, -0.05) is 38.1 Å². The third-order valence-electron chi connectivity index (χ3n) is 4.71. The quantitative estimate of drug-likeness (QED) is 0.704. The highest BCUT2D eigenvalue weighted by molar-refractivity contribution is 6.03. The summed E-state index contributed by atoms with van der Waals surface area (Å²) in [6.45, 7) is 8.18. The van der Waals surface area contributed by atoms with E-state index < -0.39 is 0 Å². The van der Waals surface area contributed by atoms with Crippen LogP contribution in [-0.2, 0) is 5.41 Å². The fraction of sp³-hybridized carbons (Fsp3) is 0.318. The lowest BCUT2D eigenvalue weighted by molar-refractivity contribution is 0.102. The average Bonchev–Trinajstić information content (AvgIpc) is 3.08. The molecule has 0 fully saturated rings. The fourth-order valence-corrected chi connectivity index (χ4v) is 2.98. The molecule has 1 N–H and O–H groups in total. The molecule has 152 valence electrons. The van der Waals surface area contributed by atoms with Gasteiger partial charge in [0, 0.05) is 11.8 Å². The number of nitrogens with zero attached hydrogens (tertiary/aromatic N) is 3. The number of benzene rings is 2. The Hall–Kier alpha value is -3.35. The van der Waals surface area contributed by atoms with E-state index >= 15 is 0 Å². The van der Waals surface area contributed by atoms with E-state index in [0.717, 1.165) is 11.3 Å². The first-order chi connectivity index (χ1) is 13.7. The van der Waals surface area contributed by atoms with Crippen LogP contribution in [0, 0.1) is 6.92 Å². The number of nitrogens with one attached hydrogen (secondary N) is 1. The van der Waals surface area contributed by atoms with Crippen LogP contribution in [0.3, 0.4) is 0 Å². The summed E-state index contributed by atoms with van der Waals surface area (Å²) in [5, 5.41) is 11.2. The molecule has 0 aliphatic rings. The highest BCUT2D eigenvalue weighted by Gasteiger charge is 2.20. The van der Waals surface area contributed by atoms with E-state index in [2.05, 4.69) is 36.4 Å². The number of rotatable bonds is 5. The van der Waals surface area contributed by atoms with E-state index in [0.29, 0.717) is 22.9 Å². The van der Waals surface area contributed by atoms with E-state index in [4.69, 9.17) is 9.47 Å². The molecule has 0 spiro atoms. The Morgan fingerprint density at radius 3 is 2.48 bits per heavy atom. The minimum atomic E-state index is -0.318. The van der Waals surface area contributed by atoms with Crippen molar-refractivity contribution >= 4 is 11.6 Å². The molecule has 3 aromatic rings. The lowest BCUT2D eigenvalue weighted by atomic mass is 9.87. The minimum Gasteiger partial charge on any atom is -0.497 e. The van der Waals surface area contributed by atoms with Crippen LogP contribution in [0.5, 0.6) is 11.5 Å². The van der Waals surface area contributed by atoms with Gasteiger partial charge in [0.15, 0.2) is 5.69 Å². The standard InChI is InChI=1S/C22H26N4O3/c1-14-20(21(27)23-16-9-7-8-15(12-16)22(2,3)4)24-25-26(14)18-13-17(28-5)10-11-19(18)29-6/h7-13H,1-6H3,(H,23,27). The molecule has 29 heavy (non-hydrogen) atoms. The summed E-state index contributed by atoms with van der Waals surface area (Å²) in [6.07, 6.45) is 0. The van der Waals surface area contributed by atoms with Gasteiger partial charge in [-0.3, -0.25) is 4.79 Å². The maximum absolute atomic E-state index is 12.8. The monoisotopic (exact) mass is 394 g/mol. The first-order valence-corrected chi connectivity index (χ1v) is 9.31. The van der Waals surface area contributed by atoms with Gasteiger partial charge in [-0.05, 0) is 42.2 Å². The second kappa shape index (κ2) is 7.95. The minimum absolute atomic E-state index is 0.0112. The molecule has 1 heterocycles. The third kappa shape index (κ3) is 4.23. The summed E-state index contributed by atoms with van der Waals surface area (Å²) in [5.41, 5.74) is 3.33. The molecule has 0 saturated heterocycles. The van der Waals surface area contributed by atoms with Crippen LogP contribution in [-0.4, -0.2) is 35.1 Å². The van der Waals surface area contributed by atoms with Crippen molar-refractivity contribution in [3.05, 3.63) is 59.4 Å². The van der Waals surface area contributed by atoms with Gasteiger partial charge in [0.25, 0.3) is 5.91 Å². The lowest BCUT2D eigenvalue weighted by Gasteiger charge is -2.19. The first-order valence-electron chi connectivity index (χ1n) is 9.31. The van der Waals surface area contributed by atoms with Gasteiger partial charge in [0.05, 0.1) is 19.9 Å². The number of carbonyl (C=O) groups is 1. The molecule has 0 saturated carbocycles. The predicted octanol–water partition coefficient (Wildman–Crippen LogP) is 4.14.